The average Bonchev–Trinajstić information content (AvgIpc) is 3.07. The third-order valence-corrected chi connectivity index (χ3v) is 5.34. The quantitative estimate of drug-likeness (QED) is 0.663. The lowest BCUT2D eigenvalue weighted by molar-refractivity contribution is 0.0914. The van der Waals surface area contributed by atoms with Crippen LogP contribution in [-0.4, -0.2) is 41.5 Å². The molecule has 0 unspecified atom stereocenters. The molecule has 0 aromatic carbocycles. The Morgan fingerprint density at radius 3 is 2.57 bits per heavy atom. The van der Waals surface area contributed by atoms with Gasteiger partial charge in [0.2, 0.25) is 0 Å². The van der Waals surface area contributed by atoms with Crippen molar-refractivity contribution >= 4 is 5.91 Å². The van der Waals surface area contributed by atoms with Gasteiger partial charge in [-0.05, 0) is 51.7 Å². The van der Waals surface area contributed by atoms with Gasteiger partial charge in [-0.25, -0.2) is 14.3 Å². The van der Waals surface area contributed by atoms with Gasteiger partial charge >= 0.3 is 0 Å². The van der Waals surface area contributed by atoms with Gasteiger partial charge in [0.05, 0.1) is 11.7 Å². The molecule has 1 aliphatic carbocycles. The molecule has 10 heteroatoms. The number of hydrogen-bond donors (Lipinski definition) is 2. The molecule has 1 fully saturated rings. The summed E-state index contributed by atoms with van der Waals surface area (Å²) in [7, 11) is 0. The second kappa shape index (κ2) is 8.05. The summed E-state index contributed by atoms with van der Waals surface area (Å²) in [4.78, 5) is 42.7. The molecular formula is C20H23N7O3. The number of carbonyl (C=O) groups is 1. The van der Waals surface area contributed by atoms with Gasteiger partial charge in [0.1, 0.15) is 0 Å². The van der Waals surface area contributed by atoms with Crippen LogP contribution >= 0.6 is 0 Å². The SMILES string of the molecule is Cc1cc(C)n(-c2ccc(=O)n(C3CCC(NC(=O)c4ncc[nH]c4=O)CC3)n2)n1. The summed E-state index contributed by atoms with van der Waals surface area (Å²) in [5.41, 5.74) is 1.01. The van der Waals surface area contributed by atoms with E-state index in [9.17, 15) is 14.4 Å². The highest BCUT2D eigenvalue weighted by molar-refractivity contribution is 5.92. The van der Waals surface area contributed by atoms with Crippen molar-refractivity contribution in [2.45, 2.75) is 51.6 Å². The number of rotatable bonds is 4. The summed E-state index contributed by atoms with van der Waals surface area (Å²) in [5, 5.41) is 11.8. The topological polar surface area (TPSA) is 128 Å². The van der Waals surface area contributed by atoms with Crippen LogP contribution in [0.5, 0.6) is 0 Å². The fourth-order valence-electron chi connectivity index (χ4n) is 3.88. The molecular weight excluding hydrogens is 386 g/mol. The molecule has 0 atom stereocenters. The van der Waals surface area contributed by atoms with Crippen LogP contribution in [0.25, 0.3) is 5.82 Å². The zero-order chi connectivity index (χ0) is 21.3. The van der Waals surface area contributed by atoms with Gasteiger partial charge in [0.25, 0.3) is 17.0 Å². The van der Waals surface area contributed by atoms with Crippen LogP contribution in [0.15, 0.2) is 40.2 Å². The van der Waals surface area contributed by atoms with Crippen LogP contribution < -0.4 is 16.4 Å². The highest BCUT2D eigenvalue weighted by Gasteiger charge is 2.26. The van der Waals surface area contributed by atoms with E-state index in [0.717, 1.165) is 11.4 Å². The lowest BCUT2D eigenvalue weighted by Crippen LogP contribution is -2.41. The minimum atomic E-state index is -0.514. The van der Waals surface area contributed by atoms with E-state index in [1.807, 2.05) is 19.9 Å². The first-order valence-electron chi connectivity index (χ1n) is 9.90. The predicted octanol–water partition coefficient (Wildman–Crippen LogP) is 1.04. The molecule has 4 rings (SSSR count). The smallest absolute Gasteiger partial charge is 0.279 e. The Morgan fingerprint density at radius 1 is 1.13 bits per heavy atom. The van der Waals surface area contributed by atoms with Gasteiger partial charge in [-0.15, -0.1) is 5.10 Å². The van der Waals surface area contributed by atoms with Crippen LogP contribution in [0.1, 0.15) is 53.6 Å². The highest BCUT2D eigenvalue weighted by Crippen LogP contribution is 2.27. The molecule has 3 aromatic rings. The summed E-state index contributed by atoms with van der Waals surface area (Å²) in [6.45, 7) is 3.85. The van der Waals surface area contributed by atoms with E-state index >= 15 is 0 Å². The summed E-state index contributed by atoms with van der Waals surface area (Å²) in [6.07, 6.45) is 5.50. The third-order valence-electron chi connectivity index (χ3n) is 5.34. The van der Waals surface area contributed by atoms with Crippen LogP contribution in [0, 0.1) is 13.8 Å². The first kappa shape index (κ1) is 19.7. The minimum Gasteiger partial charge on any atom is -0.348 e. The van der Waals surface area contributed by atoms with Crippen molar-refractivity contribution in [1.29, 1.82) is 0 Å². The average molecular weight is 409 g/mol. The number of aromatic nitrogens is 6. The van der Waals surface area contributed by atoms with Gasteiger partial charge in [-0.3, -0.25) is 14.4 Å². The molecule has 3 heterocycles. The van der Waals surface area contributed by atoms with E-state index in [1.165, 1.54) is 23.1 Å². The first-order valence-corrected chi connectivity index (χ1v) is 9.90. The van der Waals surface area contributed by atoms with E-state index in [-0.39, 0.29) is 23.3 Å². The van der Waals surface area contributed by atoms with E-state index in [1.54, 1.807) is 10.7 Å². The fourth-order valence-corrected chi connectivity index (χ4v) is 3.88. The summed E-state index contributed by atoms with van der Waals surface area (Å²) >= 11 is 0. The largest absolute Gasteiger partial charge is 0.348 e. The Labute approximate surface area is 172 Å². The maximum Gasteiger partial charge on any atom is 0.279 e. The van der Waals surface area contributed by atoms with E-state index in [2.05, 4.69) is 25.5 Å². The zero-order valence-corrected chi connectivity index (χ0v) is 16.8. The molecule has 156 valence electrons. The Hall–Kier alpha value is -3.56. The normalized spacial score (nSPS) is 18.9. The lowest BCUT2D eigenvalue weighted by atomic mass is 9.91. The molecule has 30 heavy (non-hydrogen) atoms. The highest BCUT2D eigenvalue weighted by atomic mass is 16.2. The van der Waals surface area contributed by atoms with E-state index in [4.69, 9.17) is 0 Å². The second-order valence-electron chi connectivity index (χ2n) is 7.56. The molecule has 10 nitrogen and oxygen atoms in total. The molecule has 0 aliphatic heterocycles. The molecule has 0 saturated heterocycles. The van der Waals surface area contributed by atoms with Gasteiger partial charge in [-0.1, -0.05) is 0 Å². The predicted molar refractivity (Wildman–Crippen MR) is 109 cm³/mol. The minimum absolute atomic E-state index is 0.0548. The van der Waals surface area contributed by atoms with Crippen molar-refractivity contribution in [1.82, 2.24) is 34.8 Å². The van der Waals surface area contributed by atoms with Gasteiger partial charge < -0.3 is 10.3 Å². The molecule has 1 aliphatic rings. The number of nitrogens with zero attached hydrogens (tertiary/aromatic N) is 5. The van der Waals surface area contributed by atoms with Crippen molar-refractivity contribution in [3.8, 4) is 5.82 Å². The third kappa shape index (κ3) is 3.93. The first-order chi connectivity index (χ1) is 14.4. The Balaban J connectivity index is 1.45. The van der Waals surface area contributed by atoms with Crippen LogP contribution in [-0.2, 0) is 0 Å². The summed E-state index contributed by atoms with van der Waals surface area (Å²) in [6, 6.07) is 5.01. The molecule has 0 spiro atoms. The molecule has 1 saturated carbocycles. The maximum atomic E-state index is 12.4. The van der Waals surface area contributed by atoms with Crippen molar-refractivity contribution in [3.05, 3.63) is 68.4 Å². The zero-order valence-electron chi connectivity index (χ0n) is 16.8. The Bertz CT molecular complexity index is 1190. The Morgan fingerprint density at radius 2 is 1.90 bits per heavy atom. The molecule has 1 amide bonds. The molecule has 3 aromatic heterocycles. The summed E-state index contributed by atoms with van der Waals surface area (Å²) in [5.74, 6) is 0.118. The van der Waals surface area contributed by atoms with Crippen LogP contribution in [0.2, 0.25) is 0 Å². The standard InChI is InChI=1S/C20H23N7O3/c1-12-11-13(2)26(24-12)16-7-8-17(28)27(25-16)15-5-3-14(4-6-15)23-20(30)18-19(29)22-10-9-21-18/h7-11,14-15H,3-6H2,1-2H3,(H,22,29)(H,23,30). The van der Waals surface area contributed by atoms with Crippen molar-refractivity contribution in [2.24, 2.45) is 0 Å². The van der Waals surface area contributed by atoms with E-state index in [0.29, 0.717) is 31.5 Å². The maximum absolute atomic E-state index is 12.4. The number of carbonyl (C=O) groups excluding carboxylic acids is 1. The van der Waals surface area contributed by atoms with Gasteiger partial charge in [-0.2, -0.15) is 5.10 Å². The van der Waals surface area contributed by atoms with Crippen molar-refractivity contribution < 1.29 is 4.79 Å². The molecule has 0 bridgehead atoms. The number of H-pyrrole nitrogens is 1. The van der Waals surface area contributed by atoms with Crippen LogP contribution in [0.4, 0.5) is 0 Å². The molecule has 2 N–H and O–H groups in total. The number of amides is 1. The van der Waals surface area contributed by atoms with E-state index < -0.39 is 11.5 Å². The van der Waals surface area contributed by atoms with Crippen molar-refractivity contribution in [3.63, 3.8) is 0 Å². The van der Waals surface area contributed by atoms with Crippen molar-refractivity contribution in [2.75, 3.05) is 0 Å². The Kier molecular flexibility index (Phi) is 5.30. The van der Waals surface area contributed by atoms with Gasteiger partial charge in [0.15, 0.2) is 11.5 Å². The van der Waals surface area contributed by atoms with Crippen LogP contribution in [0.3, 0.4) is 0 Å². The second-order valence-corrected chi connectivity index (χ2v) is 7.56. The fraction of sp³-hybridized carbons (Fsp3) is 0.400. The number of aryl methyl sites for hydroxylation is 2. The monoisotopic (exact) mass is 409 g/mol. The number of hydrogen-bond acceptors (Lipinski definition) is 6. The number of nitrogens with one attached hydrogen (secondary N) is 2. The van der Waals surface area contributed by atoms with Gasteiger partial charge in [0, 0.05) is 30.2 Å². The lowest BCUT2D eigenvalue weighted by Gasteiger charge is -2.29. The summed E-state index contributed by atoms with van der Waals surface area (Å²) < 4.78 is 3.24. The number of aromatic amines is 1. The molecule has 0 radical (unpaired) electrons.